The Balaban J connectivity index is 2.77. The zero-order valence-corrected chi connectivity index (χ0v) is 10.1. The number of ether oxygens (including phenoxy) is 1. The number of carbonyl (C=O) groups excluding carboxylic acids is 1. The Bertz CT molecular complexity index is 398. The summed E-state index contributed by atoms with van der Waals surface area (Å²) in [6, 6.07) is 6.61. The lowest BCUT2D eigenvalue weighted by molar-refractivity contribution is -0.143. The van der Waals surface area contributed by atoms with Gasteiger partial charge in [-0.3, -0.25) is 0 Å². The molecular formula is C11H10INO2. The van der Waals surface area contributed by atoms with Gasteiger partial charge in [0.2, 0.25) is 0 Å². The van der Waals surface area contributed by atoms with E-state index < -0.39 is 12.0 Å². The maximum atomic E-state index is 11.4. The first-order chi connectivity index (χ1) is 7.16. The van der Waals surface area contributed by atoms with Crippen LogP contribution in [0, 0.1) is 15.9 Å². The van der Waals surface area contributed by atoms with E-state index in [9.17, 15) is 4.79 Å². The quantitative estimate of drug-likeness (QED) is 0.522. The summed E-state index contributed by atoms with van der Waals surface area (Å²) in [7, 11) is 0. The molecule has 1 aromatic rings. The zero-order valence-electron chi connectivity index (χ0n) is 7.94. The van der Waals surface area contributed by atoms with Crippen molar-refractivity contribution in [3.63, 3.8) is 0 Å². The van der Waals surface area contributed by atoms with Crippen molar-refractivity contribution >= 4 is 28.6 Å². The molecule has 15 heavy (non-hydrogen) atoms. The number of halogens is 1. The highest BCUT2D eigenvalue weighted by atomic mass is 127. The average Bonchev–Trinajstić information content (AvgIpc) is 2.25. The molecule has 0 radical (unpaired) electrons. The lowest BCUT2D eigenvalue weighted by atomic mass is 10.1. The molecule has 0 aromatic heterocycles. The maximum absolute atomic E-state index is 11.4. The summed E-state index contributed by atoms with van der Waals surface area (Å²) in [4.78, 5) is 11.4. The van der Waals surface area contributed by atoms with Crippen molar-refractivity contribution in [2.45, 2.75) is 6.04 Å². The highest BCUT2D eigenvalue weighted by Crippen LogP contribution is 2.18. The van der Waals surface area contributed by atoms with Crippen LogP contribution in [0.4, 0.5) is 0 Å². The summed E-state index contributed by atoms with van der Waals surface area (Å²) >= 11 is 2.12. The molecule has 1 atom stereocenters. The van der Waals surface area contributed by atoms with Crippen LogP contribution in [0.5, 0.6) is 0 Å². The van der Waals surface area contributed by atoms with Gasteiger partial charge in [0.25, 0.3) is 0 Å². The van der Waals surface area contributed by atoms with Crippen LogP contribution in [0.2, 0.25) is 0 Å². The fourth-order valence-electron chi connectivity index (χ4n) is 1.06. The van der Waals surface area contributed by atoms with Gasteiger partial charge in [0.15, 0.2) is 6.61 Å². The summed E-state index contributed by atoms with van der Waals surface area (Å²) in [6.07, 6.45) is 4.98. The molecule has 2 N–H and O–H groups in total. The van der Waals surface area contributed by atoms with E-state index in [4.69, 9.17) is 16.9 Å². The minimum Gasteiger partial charge on any atom is -0.451 e. The third-order valence-electron chi connectivity index (χ3n) is 1.79. The van der Waals surface area contributed by atoms with Gasteiger partial charge in [0.1, 0.15) is 6.04 Å². The maximum Gasteiger partial charge on any atom is 0.328 e. The van der Waals surface area contributed by atoms with Crippen molar-refractivity contribution in [2.75, 3.05) is 6.61 Å². The molecule has 0 amide bonds. The summed E-state index contributed by atoms with van der Waals surface area (Å²) < 4.78 is 5.69. The largest absolute Gasteiger partial charge is 0.451 e. The van der Waals surface area contributed by atoms with Gasteiger partial charge in [-0.05, 0) is 34.2 Å². The predicted octanol–water partition coefficient (Wildman–Crippen LogP) is 1.47. The fraction of sp³-hybridized carbons (Fsp3) is 0.182. The van der Waals surface area contributed by atoms with Crippen LogP contribution in [0.1, 0.15) is 11.6 Å². The Morgan fingerprint density at radius 2 is 2.27 bits per heavy atom. The van der Waals surface area contributed by atoms with Crippen LogP contribution in [0.3, 0.4) is 0 Å². The van der Waals surface area contributed by atoms with Gasteiger partial charge in [0, 0.05) is 3.57 Å². The molecule has 1 aromatic carbocycles. The number of rotatable bonds is 3. The molecule has 0 saturated heterocycles. The van der Waals surface area contributed by atoms with E-state index in [2.05, 4.69) is 28.5 Å². The van der Waals surface area contributed by atoms with E-state index in [0.29, 0.717) is 0 Å². The highest BCUT2D eigenvalue weighted by Gasteiger charge is 2.18. The van der Waals surface area contributed by atoms with Gasteiger partial charge in [0.05, 0.1) is 0 Å². The van der Waals surface area contributed by atoms with E-state index >= 15 is 0 Å². The van der Waals surface area contributed by atoms with Crippen LogP contribution in [-0.2, 0) is 9.53 Å². The SMILES string of the molecule is C#CCOC(=O)C(N)c1ccccc1I. The summed E-state index contributed by atoms with van der Waals surface area (Å²) in [5.41, 5.74) is 6.48. The standard InChI is InChI=1S/C11H10INO2/c1-2-7-15-11(14)10(13)8-5-3-4-6-9(8)12/h1,3-6,10H,7,13H2. The van der Waals surface area contributed by atoms with Gasteiger partial charge >= 0.3 is 5.97 Å². The molecule has 0 aliphatic rings. The second kappa shape index (κ2) is 5.73. The Hall–Kier alpha value is -1.06. The number of carbonyl (C=O) groups is 1. The van der Waals surface area contributed by atoms with Crippen LogP contribution in [-0.4, -0.2) is 12.6 Å². The minimum absolute atomic E-state index is 0.0457. The summed E-state index contributed by atoms with van der Waals surface area (Å²) in [5.74, 6) is 1.72. The normalized spacial score (nSPS) is 11.5. The molecule has 0 spiro atoms. The molecule has 1 unspecified atom stereocenters. The Kier molecular flexibility index (Phi) is 4.59. The van der Waals surface area contributed by atoms with Gasteiger partial charge in [-0.25, -0.2) is 4.79 Å². The number of esters is 1. The van der Waals surface area contributed by atoms with Gasteiger partial charge < -0.3 is 10.5 Å². The molecule has 0 bridgehead atoms. The van der Waals surface area contributed by atoms with Crippen molar-refractivity contribution in [1.82, 2.24) is 0 Å². The zero-order chi connectivity index (χ0) is 11.3. The number of hydrogen-bond acceptors (Lipinski definition) is 3. The van der Waals surface area contributed by atoms with E-state index in [1.807, 2.05) is 18.2 Å². The third kappa shape index (κ3) is 3.22. The van der Waals surface area contributed by atoms with Crippen LogP contribution >= 0.6 is 22.6 Å². The number of nitrogens with two attached hydrogens (primary N) is 1. The molecule has 4 heteroatoms. The third-order valence-corrected chi connectivity index (χ3v) is 2.77. The van der Waals surface area contributed by atoms with Gasteiger partial charge in [-0.2, -0.15) is 0 Å². The monoisotopic (exact) mass is 315 g/mol. The van der Waals surface area contributed by atoms with Crippen molar-refractivity contribution < 1.29 is 9.53 Å². The molecule has 0 aliphatic heterocycles. The molecule has 1 rings (SSSR count). The fourth-order valence-corrected chi connectivity index (χ4v) is 1.78. The van der Waals surface area contributed by atoms with Gasteiger partial charge in [-0.1, -0.05) is 24.1 Å². The first-order valence-corrected chi connectivity index (χ1v) is 5.34. The van der Waals surface area contributed by atoms with Crippen LogP contribution in [0.25, 0.3) is 0 Å². The van der Waals surface area contributed by atoms with Crippen molar-refractivity contribution in [3.8, 4) is 12.3 Å². The molecule has 0 aliphatic carbocycles. The summed E-state index contributed by atoms with van der Waals surface area (Å²) in [6.45, 7) is -0.0457. The molecule has 0 saturated carbocycles. The molecule has 3 nitrogen and oxygen atoms in total. The molecule has 78 valence electrons. The topological polar surface area (TPSA) is 52.3 Å². The average molecular weight is 315 g/mol. The van der Waals surface area contributed by atoms with Gasteiger partial charge in [-0.15, -0.1) is 6.42 Å². The van der Waals surface area contributed by atoms with Crippen LogP contribution in [0.15, 0.2) is 24.3 Å². The Morgan fingerprint density at radius 1 is 1.60 bits per heavy atom. The lowest BCUT2D eigenvalue weighted by Crippen LogP contribution is -2.24. The van der Waals surface area contributed by atoms with E-state index in [-0.39, 0.29) is 6.61 Å². The van der Waals surface area contributed by atoms with E-state index in [1.54, 1.807) is 6.07 Å². The van der Waals surface area contributed by atoms with Crippen molar-refractivity contribution in [1.29, 1.82) is 0 Å². The van der Waals surface area contributed by atoms with E-state index in [0.717, 1.165) is 9.13 Å². The molecule has 0 heterocycles. The lowest BCUT2D eigenvalue weighted by Gasteiger charge is -2.11. The van der Waals surface area contributed by atoms with Crippen LogP contribution < -0.4 is 5.73 Å². The first-order valence-electron chi connectivity index (χ1n) is 4.27. The first kappa shape index (κ1) is 12.0. The van der Waals surface area contributed by atoms with E-state index in [1.165, 1.54) is 0 Å². The number of hydrogen-bond donors (Lipinski definition) is 1. The Labute approximate surface area is 102 Å². The number of benzene rings is 1. The second-order valence-electron chi connectivity index (χ2n) is 2.81. The minimum atomic E-state index is -0.772. The van der Waals surface area contributed by atoms with Crippen molar-refractivity contribution in [3.05, 3.63) is 33.4 Å². The predicted molar refractivity (Wildman–Crippen MR) is 65.9 cm³/mol. The van der Waals surface area contributed by atoms with Crippen molar-refractivity contribution in [2.24, 2.45) is 5.73 Å². The smallest absolute Gasteiger partial charge is 0.328 e. The summed E-state index contributed by atoms with van der Waals surface area (Å²) in [5, 5.41) is 0. The molecule has 0 fully saturated rings. The molecular weight excluding hydrogens is 305 g/mol. The highest BCUT2D eigenvalue weighted by molar-refractivity contribution is 14.1. The second-order valence-corrected chi connectivity index (χ2v) is 3.97. The Morgan fingerprint density at radius 3 is 2.87 bits per heavy atom. The number of terminal acetylenes is 1.